The highest BCUT2D eigenvalue weighted by atomic mass is 32.1. The van der Waals surface area contributed by atoms with Crippen LogP contribution in [0.5, 0.6) is 0 Å². The lowest BCUT2D eigenvalue weighted by Crippen LogP contribution is -2.17. The smallest absolute Gasteiger partial charge is 0.139 e. The van der Waals surface area contributed by atoms with Gasteiger partial charge >= 0.3 is 0 Å². The van der Waals surface area contributed by atoms with Gasteiger partial charge in [-0.05, 0) is 18.4 Å². The van der Waals surface area contributed by atoms with E-state index in [1.54, 1.807) is 11.3 Å². The average Bonchev–Trinajstić information content (AvgIpc) is 3.30. The van der Waals surface area contributed by atoms with Crippen molar-refractivity contribution in [3.05, 3.63) is 60.3 Å². The lowest BCUT2D eigenvalue weighted by molar-refractivity contribution is 0.502. The summed E-state index contributed by atoms with van der Waals surface area (Å²) in [4.78, 5) is 14.5. The first-order valence-corrected chi connectivity index (χ1v) is 9.59. The molecule has 4 aromatic rings. The minimum atomic E-state index is 0.452. The number of imidazole rings is 1. The molecule has 5 nitrogen and oxygen atoms in total. The molecule has 26 heavy (non-hydrogen) atoms. The second-order valence-corrected chi connectivity index (χ2v) is 7.42. The van der Waals surface area contributed by atoms with Gasteiger partial charge in [0, 0.05) is 36.4 Å². The Labute approximate surface area is 156 Å². The number of fused-ring (bicyclic) bond motifs is 1. The summed E-state index contributed by atoms with van der Waals surface area (Å²) in [5.41, 5.74) is 2.39. The van der Waals surface area contributed by atoms with Crippen LogP contribution >= 0.6 is 11.3 Å². The van der Waals surface area contributed by atoms with Gasteiger partial charge in [-0.15, -0.1) is 11.3 Å². The summed E-state index contributed by atoms with van der Waals surface area (Å²) >= 11 is 1.67. The number of nitrogens with zero attached hydrogens (tertiary/aromatic N) is 4. The Morgan fingerprint density at radius 3 is 2.81 bits per heavy atom. The van der Waals surface area contributed by atoms with Gasteiger partial charge in [-0.1, -0.05) is 37.3 Å². The second kappa shape index (κ2) is 7.25. The van der Waals surface area contributed by atoms with Crippen LogP contribution < -0.4 is 5.32 Å². The first-order valence-electron chi connectivity index (χ1n) is 8.71. The van der Waals surface area contributed by atoms with Crippen LogP contribution in [0.1, 0.15) is 12.7 Å². The number of aromatic nitrogens is 4. The minimum absolute atomic E-state index is 0.452. The molecular formula is C20H21N5S. The summed E-state index contributed by atoms with van der Waals surface area (Å²) < 4.78 is 2.10. The number of hydrogen-bond donors (Lipinski definition) is 1. The lowest BCUT2D eigenvalue weighted by atomic mass is 10.1. The van der Waals surface area contributed by atoms with E-state index in [4.69, 9.17) is 4.98 Å². The topological polar surface area (TPSA) is 55.6 Å². The summed E-state index contributed by atoms with van der Waals surface area (Å²) in [6.45, 7) is 5.94. The van der Waals surface area contributed by atoms with Gasteiger partial charge in [-0.25, -0.2) is 15.0 Å². The Morgan fingerprint density at radius 2 is 2.04 bits per heavy atom. The fourth-order valence-corrected chi connectivity index (χ4v) is 4.09. The highest BCUT2D eigenvalue weighted by molar-refractivity contribution is 7.17. The van der Waals surface area contributed by atoms with Gasteiger partial charge in [0.15, 0.2) is 0 Å². The summed E-state index contributed by atoms with van der Waals surface area (Å²) in [5, 5.41) is 6.85. The van der Waals surface area contributed by atoms with Gasteiger partial charge in [0.2, 0.25) is 0 Å². The maximum Gasteiger partial charge on any atom is 0.139 e. The van der Waals surface area contributed by atoms with E-state index in [9.17, 15) is 0 Å². The summed E-state index contributed by atoms with van der Waals surface area (Å²) in [6, 6.07) is 10.4. The van der Waals surface area contributed by atoms with E-state index < -0.39 is 0 Å². The molecule has 0 aliphatic carbocycles. The molecular weight excluding hydrogens is 342 g/mol. The monoisotopic (exact) mass is 363 g/mol. The number of aryl methyl sites for hydroxylation is 1. The van der Waals surface area contributed by atoms with Crippen LogP contribution in [0.4, 0.5) is 5.82 Å². The van der Waals surface area contributed by atoms with Crippen molar-refractivity contribution in [1.29, 1.82) is 0 Å². The zero-order valence-electron chi connectivity index (χ0n) is 14.9. The predicted octanol–water partition coefficient (Wildman–Crippen LogP) is 4.61. The lowest BCUT2D eigenvalue weighted by Gasteiger charge is -2.15. The van der Waals surface area contributed by atoms with Crippen LogP contribution in [0, 0.1) is 12.8 Å². The number of rotatable bonds is 6. The van der Waals surface area contributed by atoms with E-state index >= 15 is 0 Å². The fourth-order valence-electron chi connectivity index (χ4n) is 3.10. The minimum Gasteiger partial charge on any atom is -0.369 e. The zero-order chi connectivity index (χ0) is 17.9. The summed E-state index contributed by atoms with van der Waals surface area (Å²) in [7, 11) is 0. The molecule has 0 aliphatic heterocycles. The molecule has 0 bridgehead atoms. The van der Waals surface area contributed by atoms with Crippen molar-refractivity contribution in [2.45, 2.75) is 20.4 Å². The van der Waals surface area contributed by atoms with Crippen LogP contribution in [-0.2, 0) is 6.54 Å². The second-order valence-electron chi connectivity index (χ2n) is 6.56. The largest absolute Gasteiger partial charge is 0.369 e. The highest BCUT2D eigenvalue weighted by Gasteiger charge is 2.15. The average molecular weight is 363 g/mol. The summed E-state index contributed by atoms with van der Waals surface area (Å²) in [5.74, 6) is 2.17. The molecule has 6 heteroatoms. The quantitative estimate of drug-likeness (QED) is 0.543. The SMILES string of the molecule is Cc1nc(NCC(C)Cn2ccnc2)c2c(-c3ccccc3)csc2n1. The Morgan fingerprint density at radius 1 is 1.19 bits per heavy atom. The molecule has 1 aromatic carbocycles. The maximum absolute atomic E-state index is 4.69. The van der Waals surface area contributed by atoms with E-state index in [1.165, 1.54) is 11.1 Å². The Kier molecular flexibility index (Phi) is 4.67. The van der Waals surface area contributed by atoms with Gasteiger partial charge in [0.05, 0.1) is 11.7 Å². The van der Waals surface area contributed by atoms with E-state index in [1.807, 2.05) is 31.7 Å². The molecule has 1 atom stereocenters. The van der Waals surface area contributed by atoms with Crippen molar-refractivity contribution >= 4 is 27.4 Å². The standard InChI is InChI=1S/C20H21N5S/c1-14(11-25-9-8-21-13-25)10-22-19-18-17(16-6-4-3-5-7-16)12-26-20(18)24-15(2)23-19/h3-9,12-14H,10-11H2,1-2H3,(H,22,23,24). The van der Waals surface area contributed by atoms with E-state index in [-0.39, 0.29) is 0 Å². The van der Waals surface area contributed by atoms with E-state index in [2.05, 4.69) is 56.4 Å². The number of benzene rings is 1. The third kappa shape index (κ3) is 3.46. The fraction of sp³-hybridized carbons (Fsp3) is 0.250. The van der Waals surface area contributed by atoms with Crippen molar-refractivity contribution in [2.75, 3.05) is 11.9 Å². The van der Waals surface area contributed by atoms with Crippen LogP contribution in [0.2, 0.25) is 0 Å². The molecule has 0 saturated carbocycles. The van der Waals surface area contributed by atoms with Crippen molar-refractivity contribution < 1.29 is 0 Å². The van der Waals surface area contributed by atoms with Gasteiger partial charge in [0.25, 0.3) is 0 Å². The molecule has 132 valence electrons. The number of nitrogens with one attached hydrogen (secondary N) is 1. The summed E-state index contributed by atoms with van der Waals surface area (Å²) in [6.07, 6.45) is 5.67. The van der Waals surface area contributed by atoms with Crippen molar-refractivity contribution in [3.63, 3.8) is 0 Å². The first-order chi connectivity index (χ1) is 12.7. The van der Waals surface area contributed by atoms with Gasteiger partial charge in [-0.3, -0.25) is 0 Å². The van der Waals surface area contributed by atoms with Crippen LogP contribution in [0.15, 0.2) is 54.4 Å². The van der Waals surface area contributed by atoms with Crippen LogP contribution in [0.25, 0.3) is 21.3 Å². The van der Waals surface area contributed by atoms with Gasteiger partial charge in [-0.2, -0.15) is 0 Å². The van der Waals surface area contributed by atoms with Crippen LogP contribution in [-0.4, -0.2) is 26.1 Å². The van der Waals surface area contributed by atoms with Crippen molar-refractivity contribution in [1.82, 2.24) is 19.5 Å². The van der Waals surface area contributed by atoms with Crippen LogP contribution in [0.3, 0.4) is 0 Å². The highest BCUT2D eigenvalue weighted by Crippen LogP contribution is 2.36. The molecule has 0 amide bonds. The molecule has 3 aromatic heterocycles. The molecule has 3 heterocycles. The normalized spacial score (nSPS) is 12.4. The molecule has 1 N–H and O–H groups in total. The number of anilines is 1. The van der Waals surface area contributed by atoms with Gasteiger partial charge in [0.1, 0.15) is 16.5 Å². The molecule has 1 unspecified atom stereocenters. The molecule has 4 rings (SSSR count). The molecule has 0 aliphatic rings. The van der Waals surface area contributed by atoms with Crippen molar-refractivity contribution in [2.24, 2.45) is 5.92 Å². The third-order valence-corrected chi connectivity index (χ3v) is 5.20. The molecule has 0 saturated heterocycles. The Hall–Kier alpha value is -2.73. The Balaban J connectivity index is 1.62. The maximum atomic E-state index is 4.69. The Bertz CT molecular complexity index is 992. The number of thiophene rings is 1. The molecule has 0 radical (unpaired) electrons. The first kappa shape index (κ1) is 16.7. The molecule has 0 spiro atoms. The predicted molar refractivity (Wildman–Crippen MR) is 107 cm³/mol. The number of hydrogen-bond acceptors (Lipinski definition) is 5. The third-order valence-electron chi connectivity index (χ3n) is 4.33. The van der Waals surface area contributed by atoms with Gasteiger partial charge < -0.3 is 9.88 Å². The van der Waals surface area contributed by atoms with Crippen molar-refractivity contribution in [3.8, 4) is 11.1 Å². The zero-order valence-corrected chi connectivity index (χ0v) is 15.7. The van der Waals surface area contributed by atoms with E-state index in [0.29, 0.717) is 5.92 Å². The van der Waals surface area contributed by atoms with E-state index in [0.717, 1.165) is 34.9 Å². The molecule has 0 fully saturated rings.